The van der Waals surface area contributed by atoms with Crippen LogP contribution in [-0.2, 0) is 14.3 Å². The number of Topliss-reactive ketones (excluding diaryl/α,β-unsaturated/α-hetero) is 1. The van der Waals surface area contributed by atoms with Gasteiger partial charge in [-0.2, -0.15) is 0 Å². The molecule has 1 saturated heterocycles. The summed E-state index contributed by atoms with van der Waals surface area (Å²) >= 11 is 0. The van der Waals surface area contributed by atoms with Crippen LogP contribution < -0.4 is 4.90 Å². The fourth-order valence-electron chi connectivity index (χ4n) is 4.34. The topological polar surface area (TPSA) is 83.9 Å². The van der Waals surface area contributed by atoms with E-state index in [9.17, 15) is 19.5 Å². The Morgan fingerprint density at radius 2 is 1.56 bits per heavy atom. The van der Waals surface area contributed by atoms with Gasteiger partial charge in [-0.3, -0.25) is 14.5 Å². The van der Waals surface area contributed by atoms with Gasteiger partial charge in [-0.1, -0.05) is 42.0 Å². The monoisotopic (exact) mass is 483 g/mol. The second-order valence-electron chi connectivity index (χ2n) is 9.38. The van der Waals surface area contributed by atoms with Crippen molar-refractivity contribution in [2.24, 2.45) is 0 Å². The number of hydrogen-bond acceptors (Lipinski definition) is 5. The molecule has 1 N–H and O–H groups in total. The molecule has 4 rings (SSSR count). The molecule has 1 aliphatic rings. The lowest BCUT2D eigenvalue weighted by Crippen LogP contribution is -2.29. The molecule has 0 aromatic heterocycles. The van der Waals surface area contributed by atoms with Gasteiger partial charge in [-0.25, -0.2) is 4.79 Å². The average Bonchev–Trinajstić information content (AvgIpc) is 3.10. The van der Waals surface area contributed by atoms with Crippen molar-refractivity contribution in [1.82, 2.24) is 0 Å². The number of benzene rings is 3. The van der Waals surface area contributed by atoms with Crippen LogP contribution in [0.5, 0.6) is 0 Å². The minimum Gasteiger partial charge on any atom is -0.507 e. The van der Waals surface area contributed by atoms with E-state index in [0.717, 1.165) is 16.7 Å². The quantitative estimate of drug-likeness (QED) is 0.214. The Labute approximate surface area is 210 Å². The van der Waals surface area contributed by atoms with Gasteiger partial charge >= 0.3 is 5.97 Å². The molecule has 1 aliphatic heterocycles. The molecule has 6 heteroatoms. The van der Waals surface area contributed by atoms with Crippen LogP contribution in [0.4, 0.5) is 5.69 Å². The highest BCUT2D eigenvalue weighted by molar-refractivity contribution is 6.51. The molecule has 1 fully saturated rings. The lowest BCUT2D eigenvalue weighted by molar-refractivity contribution is -0.132. The first kappa shape index (κ1) is 24.9. The molecule has 0 saturated carbocycles. The Kier molecular flexibility index (Phi) is 6.80. The van der Waals surface area contributed by atoms with Crippen molar-refractivity contribution in [1.29, 1.82) is 0 Å². The number of rotatable bonds is 5. The number of esters is 1. The van der Waals surface area contributed by atoms with Crippen LogP contribution in [0.3, 0.4) is 0 Å². The molecule has 1 heterocycles. The number of anilines is 1. The number of carbonyl (C=O) groups excluding carboxylic acids is 3. The maximum Gasteiger partial charge on any atom is 0.338 e. The van der Waals surface area contributed by atoms with E-state index in [1.807, 2.05) is 51.1 Å². The second-order valence-corrected chi connectivity index (χ2v) is 9.38. The van der Waals surface area contributed by atoms with E-state index in [1.54, 1.807) is 50.2 Å². The lowest BCUT2D eigenvalue weighted by atomic mass is 9.93. The summed E-state index contributed by atoms with van der Waals surface area (Å²) in [6.45, 7) is 9.35. The van der Waals surface area contributed by atoms with Crippen LogP contribution in [0.15, 0.2) is 72.3 Å². The predicted octanol–water partition coefficient (Wildman–Crippen LogP) is 5.80. The van der Waals surface area contributed by atoms with Gasteiger partial charge in [0.1, 0.15) is 5.76 Å². The summed E-state index contributed by atoms with van der Waals surface area (Å²) in [6.07, 6.45) is -0.262. The van der Waals surface area contributed by atoms with Gasteiger partial charge < -0.3 is 9.84 Å². The van der Waals surface area contributed by atoms with Gasteiger partial charge in [0, 0.05) is 11.3 Å². The third kappa shape index (κ3) is 4.67. The summed E-state index contributed by atoms with van der Waals surface area (Å²) in [6, 6.07) is 18.4. The number of hydrogen-bond donors (Lipinski definition) is 1. The maximum absolute atomic E-state index is 13.3. The first-order valence-corrected chi connectivity index (χ1v) is 11.8. The van der Waals surface area contributed by atoms with E-state index in [4.69, 9.17) is 4.74 Å². The Bertz CT molecular complexity index is 1380. The third-order valence-electron chi connectivity index (χ3n) is 6.31. The molecule has 0 radical (unpaired) electrons. The van der Waals surface area contributed by atoms with E-state index in [1.165, 1.54) is 4.90 Å². The van der Waals surface area contributed by atoms with Gasteiger partial charge in [-0.05, 0) is 81.6 Å². The Hall–Kier alpha value is -4.19. The number of aliphatic hydroxyl groups is 1. The van der Waals surface area contributed by atoms with E-state index >= 15 is 0 Å². The highest BCUT2D eigenvalue weighted by atomic mass is 16.5. The van der Waals surface area contributed by atoms with E-state index < -0.39 is 23.7 Å². The number of ether oxygens (including phenoxy) is 1. The SMILES string of the molecule is Cc1cccc(C2/C(=C(/O)c3ccc(C)c(C)c3)C(=O)C(=O)N2c2ccc(C(=O)OC(C)C)cc2)c1. The van der Waals surface area contributed by atoms with Crippen LogP contribution in [0.25, 0.3) is 5.76 Å². The molecule has 3 aromatic carbocycles. The largest absolute Gasteiger partial charge is 0.507 e. The van der Waals surface area contributed by atoms with Crippen molar-refractivity contribution >= 4 is 29.1 Å². The van der Waals surface area contributed by atoms with E-state index in [-0.39, 0.29) is 17.4 Å². The number of amides is 1. The second kappa shape index (κ2) is 9.82. The van der Waals surface area contributed by atoms with E-state index in [2.05, 4.69) is 0 Å². The molecule has 3 aromatic rings. The van der Waals surface area contributed by atoms with Crippen molar-refractivity contribution < 1.29 is 24.2 Å². The Morgan fingerprint density at radius 3 is 2.17 bits per heavy atom. The number of nitrogens with zero attached hydrogens (tertiary/aromatic N) is 1. The zero-order valence-corrected chi connectivity index (χ0v) is 21.0. The number of aryl methyl sites for hydroxylation is 3. The smallest absolute Gasteiger partial charge is 0.338 e. The molecule has 0 spiro atoms. The first-order chi connectivity index (χ1) is 17.1. The Morgan fingerprint density at radius 1 is 0.889 bits per heavy atom. The summed E-state index contributed by atoms with van der Waals surface area (Å²) in [7, 11) is 0. The summed E-state index contributed by atoms with van der Waals surface area (Å²) in [5, 5.41) is 11.3. The minimum absolute atomic E-state index is 0.0251. The maximum atomic E-state index is 13.3. The molecule has 6 nitrogen and oxygen atoms in total. The van der Waals surface area contributed by atoms with Crippen LogP contribution in [0, 0.1) is 20.8 Å². The van der Waals surface area contributed by atoms with E-state index in [0.29, 0.717) is 22.4 Å². The van der Waals surface area contributed by atoms with Crippen molar-refractivity contribution in [2.45, 2.75) is 46.8 Å². The van der Waals surface area contributed by atoms with Crippen LogP contribution in [0.1, 0.15) is 58.1 Å². The van der Waals surface area contributed by atoms with Gasteiger partial charge in [0.15, 0.2) is 0 Å². The first-order valence-electron chi connectivity index (χ1n) is 11.8. The molecule has 184 valence electrons. The number of aliphatic hydroxyl groups excluding tert-OH is 1. The predicted molar refractivity (Wildman–Crippen MR) is 139 cm³/mol. The van der Waals surface area contributed by atoms with Crippen molar-refractivity contribution in [2.75, 3.05) is 4.90 Å². The summed E-state index contributed by atoms with van der Waals surface area (Å²) in [4.78, 5) is 40.3. The molecule has 0 bridgehead atoms. The van der Waals surface area contributed by atoms with Crippen LogP contribution in [0.2, 0.25) is 0 Å². The van der Waals surface area contributed by atoms with Crippen molar-refractivity contribution in [3.05, 3.63) is 106 Å². The van der Waals surface area contributed by atoms with Crippen LogP contribution >= 0.6 is 0 Å². The summed E-state index contributed by atoms with van der Waals surface area (Å²) in [5.74, 6) is -2.20. The number of carbonyl (C=O) groups is 3. The summed E-state index contributed by atoms with van der Waals surface area (Å²) in [5.41, 5.74) is 4.94. The number of ketones is 1. The lowest BCUT2D eigenvalue weighted by Gasteiger charge is -2.26. The average molecular weight is 484 g/mol. The van der Waals surface area contributed by atoms with Crippen LogP contribution in [-0.4, -0.2) is 28.9 Å². The highest BCUT2D eigenvalue weighted by Gasteiger charge is 2.47. The van der Waals surface area contributed by atoms with Gasteiger partial charge in [0.2, 0.25) is 0 Å². The molecule has 1 atom stereocenters. The van der Waals surface area contributed by atoms with Gasteiger partial charge in [-0.15, -0.1) is 0 Å². The fraction of sp³-hybridized carbons (Fsp3) is 0.233. The fourth-order valence-corrected chi connectivity index (χ4v) is 4.34. The molecular weight excluding hydrogens is 454 g/mol. The van der Waals surface area contributed by atoms with Gasteiger partial charge in [0.25, 0.3) is 11.7 Å². The molecular formula is C30H29NO5. The highest BCUT2D eigenvalue weighted by Crippen LogP contribution is 2.42. The molecule has 36 heavy (non-hydrogen) atoms. The molecule has 1 unspecified atom stereocenters. The summed E-state index contributed by atoms with van der Waals surface area (Å²) < 4.78 is 5.24. The van der Waals surface area contributed by atoms with Crippen molar-refractivity contribution in [3.63, 3.8) is 0 Å². The Balaban J connectivity index is 1.86. The minimum atomic E-state index is -0.833. The normalized spacial score (nSPS) is 17.1. The molecule has 0 aliphatic carbocycles. The zero-order valence-electron chi connectivity index (χ0n) is 21.0. The molecule has 1 amide bonds. The van der Waals surface area contributed by atoms with Gasteiger partial charge in [0.05, 0.1) is 23.3 Å². The third-order valence-corrected chi connectivity index (χ3v) is 6.31. The van der Waals surface area contributed by atoms with Crippen molar-refractivity contribution in [3.8, 4) is 0 Å². The standard InChI is InChI=1S/C30H29NO5/c1-17(2)36-30(35)21-11-13-24(14-12-21)31-26(22-8-6-7-18(3)15-22)25(28(33)29(31)34)27(32)23-10-9-19(4)20(5)16-23/h6-17,26,32H,1-5H3/b27-25-. The zero-order chi connectivity index (χ0) is 26.1.